The van der Waals surface area contributed by atoms with E-state index >= 15 is 0 Å². The van der Waals surface area contributed by atoms with Crippen molar-refractivity contribution >= 4 is 27.6 Å². The van der Waals surface area contributed by atoms with Gasteiger partial charge in [-0.2, -0.15) is 11.8 Å². The van der Waals surface area contributed by atoms with Gasteiger partial charge in [-0.1, -0.05) is 6.92 Å². The first-order chi connectivity index (χ1) is 9.51. The van der Waals surface area contributed by atoms with Gasteiger partial charge < -0.3 is 5.32 Å². The number of aromatic nitrogens is 1. The highest BCUT2D eigenvalue weighted by Gasteiger charge is 2.21. The Labute approximate surface area is 126 Å². The smallest absolute Gasteiger partial charge is 0.244 e. The summed E-state index contributed by atoms with van der Waals surface area (Å²) in [6.07, 6.45) is 2.40. The highest BCUT2D eigenvalue weighted by Crippen LogP contribution is 2.18. The van der Waals surface area contributed by atoms with Crippen molar-refractivity contribution in [3.05, 3.63) is 18.3 Å². The minimum atomic E-state index is -3.53. The highest BCUT2D eigenvalue weighted by molar-refractivity contribution is 7.99. The van der Waals surface area contributed by atoms with E-state index in [9.17, 15) is 8.42 Å². The van der Waals surface area contributed by atoms with Crippen LogP contribution in [0.3, 0.4) is 0 Å². The van der Waals surface area contributed by atoms with E-state index in [-0.39, 0.29) is 10.9 Å². The SMILES string of the molecule is CCNc1ncccc1S(=O)(=O)NC(C)CCSCC. The fourth-order valence-electron chi connectivity index (χ4n) is 1.70. The zero-order valence-electron chi connectivity index (χ0n) is 12.2. The van der Waals surface area contributed by atoms with Crippen LogP contribution in [0.2, 0.25) is 0 Å². The first-order valence-corrected chi connectivity index (χ1v) is 9.44. The predicted molar refractivity (Wildman–Crippen MR) is 85.8 cm³/mol. The maximum absolute atomic E-state index is 12.4. The van der Waals surface area contributed by atoms with Gasteiger partial charge in [0.15, 0.2) is 0 Å². The quantitative estimate of drug-likeness (QED) is 0.684. The normalized spacial score (nSPS) is 13.2. The van der Waals surface area contributed by atoms with Gasteiger partial charge in [-0.15, -0.1) is 0 Å². The lowest BCUT2D eigenvalue weighted by Gasteiger charge is -2.15. The second kappa shape index (κ2) is 8.49. The maximum Gasteiger partial charge on any atom is 0.244 e. The van der Waals surface area contributed by atoms with Crippen LogP contribution in [0.4, 0.5) is 5.82 Å². The molecule has 2 N–H and O–H groups in total. The van der Waals surface area contributed by atoms with Crippen LogP contribution in [0.1, 0.15) is 27.2 Å². The number of thioether (sulfide) groups is 1. The molecule has 1 heterocycles. The van der Waals surface area contributed by atoms with Crippen molar-refractivity contribution in [2.75, 3.05) is 23.4 Å². The lowest BCUT2D eigenvalue weighted by Crippen LogP contribution is -2.33. The van der Waals surface area contributed by atoms with Crippen LogP contribution >= 0.6 is 11.8 Å². The van der Waals surface area contributed by atoms with E-state index in [2.05, 4.69) is 21.9 Å². The molecule has 0 aromatic carbocycles. The molecular weight excluding hydrogens is 294 g/mol. The second-order valence-corrected chi connectivity index (χ2v) is 7.46. The van der Waals surface area contributed by atoms with E-state index in [1.165, 1.54) is 0 Å². The van der Waals surface area contributed by atoms with Crippen molar-refractivity contribution in [2.24, 2.45) is 0 Å². The number of rotatable bonds is 9. The third-order valence-corrected chi connectivity index (χ3v) is 5.21. The Kier molecular flexibility index (Phi) is 7.32. The topological polar surface area (TPSA) is 71.1 Å². The summed E-state index contributed by atoms with van der Waals surface area (Å²) in [5, 5.41) is 2.97. The molecule has 5 nitrogen and oxygen atoms in total. The lowest BCUT2D eigenvalue weighted by atomic mass is 10.3. The summed E-state index contributed by atoms with van der Waals surface area (Å²) in [6, 6.07) is 3.11. The van der Waals surface area contributed by atoms with Gasteiger partial charge in [-0.05, 0) is 43.9 Å². The minimum Gasteiger partial charge on any atom is -0.369 e. The molecule has 1 aromatic heterocycles. The number of hydrogen-bond acceptors (Lipinski definition) is 5. The molecule has 0 fully saturated rings. The first-order valence-electron chi connectivity index (χ1n) is 6.80. The fraction of sp³-hybridized carbons (Fsp3) is 0.615. The maximum atomic E-state index is 12.4. The number of sulfonamides is 1. The van der Waals surface area contributed by atoms with Crippen LogP contribution in [0.5, 0.6) is 0 Å². The number of anilines is 1. The molecule has 0 aliphatic heterocycles. The largest absolute Gasteiger partial charge is 0.369 e. The number of nitrogens with one attached hydrogen (secondary N) is 2. The molecule has 1 atom stereocenters. The van der Waals surface area contributed by atoms with Crippen molar-refractivity contribution in [2.45, 2.75) is 38.1 Å². The van der Waals surface area contributed by atoms with E-state index in [4.69, 9.17) is 0 Å². The monoisotopic (exact) mass is 317 g/mol. The van der Waals surface area contributed by atoms with E-state index in [1.54, 1.807) is 18.3 Å². The third kappa shape index (κ3) is 5.30. The Bertz CT molecular complexity index is 506. The van der Waals surface area contributed by atoms with Gasteiger partial charge in [0.1, 0.15) is 10.7 Å². The third-order valence-electron chi connectivity index (χ3n) is 2.66. The standard InChI is InChI=1S/C13H23N3O2S2/c1-4-14-13-12(7-6-9-15-13)20(17,18)16-11(3)8-10-19-5-2/h6-7,9,11,16H,4-5,8,10H2,1-3H3,(H,14,15). The summed E-state index contributed by atoms with van der Waals surface area (Å²) < 4.78 is 27.5. The summed E-state index contributed by atoms with van der Waals surface area (Å²) in [5.74, 6) is 2.40. The predicted octanol–water partition coefficient (Wildman–Crippen LogP) is 2.32. The van der Waals surface area contributed by atoms with E-state index in [0.29, 0.717) is 12.4 Å². The molecule has 0 saturated heterocycles. The summed E-state index contributed by atoms with van der Waals surface area (Å²) in [7, 11) is -3.53. The molecule has 0 amide bonds. The average molecular weight is 317 g/mol. The molecule has 1 aromatic rings. The molecule has 7 heteroatoms. The molecular formula is C13H23N3O2S2. The molecule has 114 valence electrons. The van der Waals surface area contributed by atoms with Gasteiger partial charge >= 0.3 is 0 Å². The fourth-order valence-corrected chi connectivity index (χ4v) is 3.92. The van der Waals surface area contributed by atoms with Crippen LogP contribution in [0.25, 0.3) is 0 Å². The molecule has 1 rings (SSSR count). The molecule has 0 radical (unpaired) electrons. The Morgan fingerprint density at radius 2 is 2.15 bits per heavy atom. The van der Waals surface area contributed by atoms with E-state index in [0.717, 1.165) is 17.9 Å². The lowest BCUT2D eigenvalue weighted by molar-refractivity contribution is 0.557. The summed E-state index contributed by atoms with van der Waals surface area (Å²) >= 11 is 1.81. The van der Waals surface area contributed by atoms with Crippen molar-refractivity contribution in [3.8, 4) is 0 Å². The van der Waals surface area contributed by atoms with Gasteiger partial charge in [0, 0.05) is 18.8 Å². The van der Waals surface area contributed by atoms with Crippen molar-refractivity contribution in [3.63, 3.8) is 0 Å². The molecule has 0 aliphatic rings. The van der Waals surface area contributed by atoms with Crippen LogP contribution < -0.4 is 10.0 Å². The Morgan fingerprint density at radius 1 is 1.40 bits per heavy atom. The number of pyridine rings is 1. The first kappa shape index (κ1) is 17.3. The number of hydrogen-bond donors (Lipinski definition) is 2. The Morgan fingerprint density at radius 3 is 2.80 bits per heavy atom. The minimum absolute atomic E-state index is 0.0891. The van der Waals surface area contributed by atoms with Crippen LogP contribution in [-0.4, -0.2) is 37.5 Å². The number of nitrogens with zero attached hydrogens (tertiary/aromatic N) is 1. The van der Waals surface area contributed by atoms with Crippen LogP contribution in [0, 0.1) is 0 Å². The zero-order valence-corrected chi connectivity index (χ0v) is 13.9. The average Bonchev–Trinajstić information content (AvgIpc) is 2.39. The molecule has 0 spiro atoms. The van der Waals surface area contributed by atoms with Gasteiger partial charge in [-0.3, -0.25) is 0 Å². The molecule has 20 heavy (non-hydrogen) atoms. The second-order valence-electron chi connectivity index (χ2n) is 4.39. The van der Waals surface area contributed by atoms with E-state index < -0.39 is 10.0 Å². The van der Waals surface area contributed by atoms with Gasteiger partial charge in [0.2, 0.25) is 10.0 Å². The summed E-state index contributed by atoms with van der Waals surface area (Å²) in [4.78, 5) is 4.29. The van der Waals surface area contributed by atoms with Crippen molar-refractivity contribution < 1.29 is 8.42 Å². The van der Waals surface area contributed by atoms with Gasteiger partial charge in [0.05, 0.1) is 0 Å². The Hall–Kier alpha value is -0.790. The van der Waals surface area contributed by atoms with E-state index in [1.807, 2.05) is 25.6 Å². The molecule has 0 bridgehead atoms. The Balaban J connectivity index is 2.78. The molecule has 0 aliphatic carbocycles. The van der Waals surface area contributed by atoms with Crippen molar-refractivity contribution in [1.82, 2.24) is 9.71 Å². The van der Waals surface area contributed by atoms with Crippen LogP contribution in [0.15, 0.2) is 23.2 Å². The van der Waals surface area contributed by atoms with Crippen LogP contribution in [-0.2, 0) is 10.0 Å². The zero-order chi connectivity index (χ0) is 15.0. The van der Waals surface area contributed by atoms with Gasteiger partial charge in [-0.25, -0.2) is 18.1 Å². The van der Waals surface area contributed by atoms with Gasteiger partial charge in [0.25, 0.3) is 0 Å². The summed E-state index contributed by atoms with van der Waals surface area (Å²) in [6.45, 7) is 6.51. The summed E-state index contributed by atoms with van der Waals surface area (Å²) in [5.41, 5.74) is 0. The molecule has 1 unspecified atom stereocenters. The molecule has 0 saturated carbocycles. The highest BCUT2D eigenvalue weighted by atomic mass is 32.2. The van der Waals surface area contributed by atoms with Crippen molar-refractivity contribution in [1.29, 1.82) is 0 Å².